The van der Waals surface area contributed by atoms with E-state index in [0.29, 0.717) is 24.6 Å². The summed E-state index contributed by atoms with van der Waals surface area (Å²) in [4.78, 5) is 4.23. The van der Waals surface area contributed by atoms with Crippen LogP contribution in [0.4, 0.5) is 11.5 Å². The van der Waals surface area contributed by atoms with Crippen LogP contribution in [0, 0.1) is 6.92 Å². The number of pyridine rings is 1. The summed E-state index contributed by atoms with van der Waals surface area (Å²) in [6, 6.07) is 2.09. The van der Waals surface area contributed by atoms with Crippen LogP contribution < -0.4 is 11.1 Å². The zero-order chi connectivity index (χ0) is 14.0. The van der Waals surface area contributed by atoms with Crippen molar-refractivity contribution in [2.45, 2.75) is 25.8 Å². The minimum atomic E-state index is -3.07. The van der Waals surface area contributed by atoms with Crippen molar-refractivity contribution < 1.29 is 8.42 Å². The Balaban J connectivity index is 1.98. The Hall–Kier alpha value is -1.34. The van der Waals surface area contributed by atoms with E-state index in [1.807, 2.05) is 13.0 Å². The molecule has 0 saturated carbocycles. The number of sulfonamides is 1. The summed E-state index contributed by atoms with van der Waals surface area (Å²) >= 11 is 0. The van der Waals surface area contributed by atoms with Gasteiger partial charge in [0.25, 0.3) is 0 Å². The fourth-order valence-electron chi connectivity index (χ4n) is 2.21. The number of nitrogens with one attached hydrogen (secondary N) is 1. The lowest BCUT2D eigenvalue weighted by molar-refractivity contribution is 0.331. The lowest BCUT2D eigenvalue weighted by Crippen LogP contribution is -2.42. The summed E-state index contributed by atoms with van der Waals surface area (Å²) in [6.45, 7) is 3.03. The van der Waals surface area contributed by atoms with Crippen LogP contribution in [0.25, 0.3) is 0 Å². The Labute approximate surface area is 114 Å². The maximum atomic E-state index is 11.4. The number of nitrogen functional groups attached to an aromatic ring is 1. The van der Waals surface area contributed by atoms with E-state index in [-0.39, 0.29) is 6.04 Å². The number of nitrogens with zero attached hydrogens (tertiary/aromatic N) is 2. The average Bonchev–Trinajstić information content (AvgIpc) is 2.35. The van der Waals surface area contributed by atoms with Gasteiger partial charge in [-0.1, -0.05) is 0 Å². The molecule has 1 saturated heterocycles. The zero-order valence-electron chi connectivity index (χ0n) is 11.3. The summed E-state index contributed by atoms with van der Waals surface area (Å²) < 4.78 is 24.4. The van der Waals surface area contributed by atoms with Crippen molar-refractivity contribution in [3.05, 3.63) is 17.8 Å². The van der Waals surface area contributed by atoms with Gasteiger partial charge in [0, 0.05) is 25.3 Å². The predicted octanol–water partition coefficient (Wildman–Crippen LogP) is 0.808. The van der Waals surface area contributed by atoms with Crippen LogP contribution in [-0.4, -0.2) is 43.1 Å². The quantitative estimate of drug-likeness (QED) is 0.857. The second kappa shape index (κ2) is 5.34. The number of piperidine rings is 1. The third-order valence-electron chi connectivity index (χ3n) is 3.47. The normalized spacial score (nSPS) is 18.4. The van der Waals surface area contributed by atoms with Gasteiger partial charge in [-0.05, 0) is 31.4 Å². The molecule has 2 heterocycles. The van der Waals surface area contributed by atoms with Crippen LogP contribution in [0.1, 0.15) is 18.4 Å². The molecule has 0 unspecified atom stereocenters. The maximum Gasteiger partial charge on any atom is 0.211 e. The first-order valence-corrected chi connectivity index (χ1v) is 8.15. The number of aromatic nitrogens is 1. The van der Waals surface area contributed by atoms with Gasteiger partial charge >= 0.3 is 0 Å². The molecule has 7 heteroatoms. The van der Waals surface area contributed by atoms with E-state index in [9.17, 15) is 8.42 Å². The molecule has 0 amide bonds. The first kappa shape index (κ1) is 14.1. The average molecular weight is 284 g/mol. The van der Waals surface area contributed by atoms with Crippen LogP contribution in [0.3, 0.4) is 0 Å². The molecule has 1 aromatic rings. The largest absolute Gasteiger partial charge is 0.396 e. The number of aryl methyl sites for hydroxylation is 1. The van der Waals surface area contributed by atoms with Crippen molar-refractivity contribution in [2.24, 2.45) is 0 Å². The number of anilines is 2. The summed E-state index contributed by atoms with van der Waals surface area (Å²) in [5.74, 6) is 0.692. The Morgan fingerprint density at radius 2 is 2.05 bits per heavy atom. The van der Waals surface area contributed by atoms with Gasteiger partial charge in [-0.2, -0.15) is 0 Å². The SMILES string of the molecule is Cc1ccnc(NC2CCN(S(C)(=O)=O)CC2)c1N. The molecular weight excluding hydrogens is 264 g/mol. The van der Waals surface area contributed by atoms with Crippen molar-refractivity contribution in [2.75, 3.05) is 30.4 Å². The van der Waals surface area contributed by atoms with E-state index in [2.05, 4.69) is 10.3 Å². The van der Waals surface area contributed by atoms with E-state index in [4.69, 9.17) is 5.73 Å². The van der Waals surface area contributed by atoms with Crippen LogP contribution in [0.15, 0.2) is 12.3 Å². The summed E-state index contributed by atoms with van der Waals surface area (Å²) in [5, 5.41) is 3.30. The van der Waals surface area contributed by atoms with Crippen molar-refractivity contribution in [3.8, 4) is 0 Å². The zero-order valence-corrected chi connectivity index (χ0v) is 12.1. The van der Waals surface area contributed by atoms with Crippen molar-refractivity contribution >= 4 is 21.5 Å². The van der Waals surface area contributed by atoms with Crippen LogP contribution in [0.2, 0.25) is 0 Å². The van der Waals surface area contributed by atoms with Gasteiger partial charge in [-0.3, -0.25) is 0 Å². The molecule has 0 aromatic carbocycles. The van der Waals surface area contributed by atoms with Gasteiger partial charge in [0.15, 0.2) is 0 Å². The lowest BCUT2D eigenvalue weighted by atomic mass is 10.1. The highest BCUT2D eigenvalue weighted by atomic mass is 32.2. The smallest absolute Gasteiger partial charge is 0.211 e. The van der Waals surface area contributed by atoms with E-state index >= 15 is 0 Å². The van der Waals surface area contributed by atoms with E-state index in [0.717, 1.165) is 18.4 Å². The lowest BCUT2D eigenvalue weighted by Gasteiger charge is -2.31. The summed E-state index contributed by atoms with van der Waals surface area (Å²) in [6.07, 6.45) is 4.50. The molecule has 1 aromatic heterocycles. The fraction of sp³-hybridized carbons (Fsp3) is 0.583. The molecule has 1 aliphatic heterocycles. The highest BCUT2D eigenvalue weighted by Crippen LogP contribution is 2.23. The molecule has 0 atom stereocenters. The van der Waals surface area contributed by atoms with Gasteiger partial charge < -0.3 is 11.1 Å². The number of rotatable bonds is 3. The van der Waals surface area contributed by atoms with Crippen molar-refractivity contribution in [1.82, 2.24) is 9.29 Å². The molecule has 1 aliphatic rings. The maximum absolute atomic E-state index is 11.4. The number of nitrogens with two attached hydrogens (primary N) is 1. The molecule has 106 valence electrons. The molecule has 0 bridgehead atoms. The Morgan fingerprint density at radius 1 is 1.42 bits per heavy atom. The first-order chi connectivity index (χ1) is 8.88. The highest BCUT2D eigenvalue weighted by molar-refractivity contribution is 7.88. The molecule has 0 spiro atoms. The van der Waals surface area contributed by atoms with Gasteiger partial charge in [0.2, 0.25) is 10.0 Å². The summed E-state index contributed by atoms with van der Waals surface area (Å²) in [5.41, 5.74) is 7.62. The molecule has 3 N–H and O–H groups in total. The van der Waals surface area contributed by atoms with Crippen molar-refractivity contribution in [3.63, 3.8) is 0 Å². The van der Waals surface area contributed by atoms with Gasteiger partial charge in [0.1, 0.15) is 5.82 Å². The van der Waals surface area contributed by atoms with Crippen molar-refractivity contribution in [1.29, 1.82) is 0 Å². The predicted molar refractivity (Wildman–Crippen MR) is 76.4 cm³/mol. The standard InChI is InChI=1S/C12H20N4O2S/c1-9-3-6-14-12(11(9)13)15-10-4-7-16(8-5-10)19(2,17)18/h3,6,10H,4-5,7-8,13H2,1-2H3,(H,14,15). The number of hydrogen-bond donors (Lipinski definition) is 2. The molecular formula is C12H20N4O2S. The third kappa shape index (κ3) is 3.36. The molecule has 6 nitrogen and oxygen atoms in total. The first-order valence-electron chi connectivity index (χ1n) is 6.30. The molecule has 19 heavy (non-hydrogen) atoms. The van der Waals surface area contributed by atoms with E-state index < -0.39 is 10.0 Å². The Morgan fingerprint density at radius 3 is 2.63 bits per heavy atom. The third-order valence-corrected chi connectivity index (χ3v) is 4.78. The van der Waals surface area contributed by atoms with Gasteiger partial charge in [-0.15, -0.1) is 0 Å². The molecule has 0 radical (unpaired) electrons. The van der Waals surface area contributed by atoms with Crippen LogP contribution in [-0.2, 0) is 10.0 Å². The Kier molecular flexibility index (Phi) is 3.96. The van der Waals surface area contributed by atoms with E-state index in [1.165, 1.54) is 10.6 Å². The van der Waals surface area contributed by atoms with Crippen LogP contribution >= 0.6 is 0 Å². The van der Waals surface area contributed by atoms with E-state index in [1.54, 1.807) is 6.20 Å². The topological polar surface area (TPSA) is 88.3 Å². The highest BCUT2D eigenvalue weighted by Gasteiger charge is 2.25. The second-order valence-electron chi connectivity index (χ2n) is 4.97. The van der Waals surface area contributed by atoms with Gasteiger partial charge in [-0.25, -0.2) is 17.7 Å². The van der Waals surface area contributed by atoms with Gasteiger partial charge in [0.05, 0.1) is 11.9 Å². The van der Waals surface area contributed by atoms with Crippen LogP contribution in [0.5, 0.6) is 0 Å². The molecule has 1 fully saturated rings. The molecule has 0 aliphatic carbocycles. The minimum Gasteiger partial charge on any atom is -0.396 e. The second-order valence-corrected chi connectivity index (χ2v) is 6.95. The molecule has 2 rings (SSSR count). The summed E-state index contributed by atoms with van der Waals surface area (Å²) in [7, 11) is -3.07. The monoisotopic (exact) mass is 284 g/mol. The fourth-order valence-corrected chi connectivity index (χ4v) is 3.08. The minimum absolute atomic E-state index is 0.217. The number of hydrogen-bond acceptors (Lipinski definition) is 5. The Bertz CT molecular complexity index is 551.